The first-order chi connectivity index (χ1) is 9.67. The number of nitrogens with two attached hydrogens (primary N) is 1. The minimum absolute atomic E-state index is 0.167. The van der Waals surface area contributed by atoms with Crippen molar-refractivity contribution in [2.75, 3.05) is 6.61 Å². The number of rotatable bonds is 10. The second kappa shape index (κ2) is 10.1. The average molecular weight is 298 g/mol. The van der Waals surface area contributed by atoms with Gasteiger partial charge in [0.1, 0.15) is 5.75 Å². The highest BCUT2D eigenvalue weighted by Crippen LogP contribution is 2.24. The molecule has 0 fully saturated rings. The molecule has 0 aliphatic rings. The van der Waals surface area contributed by atoms with Gasteiger partial charge in [0.05, 0.1) is 6.61 Å². The van der Waals surface area contributed by atoms with E-state index < -0.39 is 0 Å². The molecule has 0 radical (unpaired) electrons. The molecule has 114 valence electrons. The molecule has 1 atom stereocenters. The number of halogens is 1. The van der Waals surface area contributed by atoms with E-state index in [9.17, 15) is 0 Å². The van der Waals surface area contributed by atoms with Crippen LogP contribution in [0.25, 0.3) is 0 Å². The van der Waals surface area contributed by atoms with Crippen LogP contribution >= 0.6 is 11.6 Å². The Morgan fingerprint density at radius 2 is 1.90 bits per heavy atom. The van der Waals surface area contributed by atoms with Crippen molar-refractivity contribution in [3.8, 4) is 5.75 Å². The van der Waals surface area contributed by atoms with E-state index in [0.717, 1.165) is 42.2 Å². The van der Waals surface area contributed by atoms with Gasteiger partial charge in [-0.25, -0.2) is 0 Å². The van der Waals surface area contributed by atoms with Gasteiger partial charge in [-0.15, -0.1) is 0 Å². The zero-order valence-electron chi connectivity index (χ0n) is 12.8. The van der Waals surface area contributed by atoms with Crippen LogP contribution in [0, 0.1) is 0 Å². The maximum atomic E-state index is 6.07. The lowest BCUT2D eigenvalue weighted by Gasteiger charge is -2.15. The van der Waals surface area contributed by atoms with Crippen LogP contribution in [0.15, 0.2) is 18.2 Å². The molecule has 2 nitrogen and oxygen atoms in total. The van der Waals surface area contributed by atoms with Crippen LogP contribution < -0.4 is 10.5 Å². The maximum absolute atomic E-state index is 6.07. The van der Waals surface area contributed by atoms with Crippen LogP contribution in [-0.4, -0.2) is 12.6 Å². The molecule has 20 heavy (non-hydrogen) atoms. The Kier molecular flexibility index (Phi) is 8.72. The van der Waals surface area contributed by atoms with E-state index in [1.54, 1.807) is 0 Å². The lowest BCUT2D eigenvalue weighted by Crippen LogP contribution is -2.21. The predicted octanol–water partition coefficient (Wildman–Crippen LogP) is 4.97. The van der Waals surface area contributed by atoms with Gasteiger partial charge >= 0.3 is 0 Å². The topological polar surface area (TPSA) is 35.2 Å². The first-order valence-electron chi connectivity index (χ1n) is 7.84. The number of hydrogen-bond donors (Lipinski definition) is 1. The largest absolute Gasteiger partial charge is 0.493 e. The number of hydrogen-bond acceptors (Lipinski definition) is 2. The van der Waals surface area contributed by atoms with Crippen molar-refractivity contribution in [3.05, 3.63) is 28.8 Å². The quantitative estimate of drug-likeness (QED) is 0.619. The molecule has 0 aliphatic heterocycles. The van der Waals surface area contributed by atoms with Gasteiger partial charge in [0, 0.05) is 11.1 Å². The third-order valence-electron chi connectivity index (χ3n) is 3.53. The molecule has 0 spiro atoms. The molecule has 0 bridgehead atoms. The van der Waals surface area contributed by atoms with Gasteiger partial charge in [-0.1, -0.05) is 51.1 Å². The number of ether oxygens (including phenoxy) is 1. The summed E-state index contributed by atoms with van der Waals surface area (Å²) in [7, 11) is 0. The lowest BCUT2D eigenvalue weighted by atomic mass is 10.0. The molecule has 1 unspecified atom stereocenters. The van der Waals surface area contributed by atoms with E-state index in [0.29, 0.717) is 0 Å². The van der Waals surface area contributed by atoms with Gasteiger partial charge in [0.2, 0.25) is 0 Å². The van der Waals surface area contributed by atoms with Gasteiger partial charge in [-0.05, 0) is 43.0 Å². The summed E-state index contributed by atoms with van der Waals surface area (Å²) in [6.45, 7) is 5.11. The minimum Gasteiger partial charge on any atom is -0.493 e. The molecule has 0 aromatic heterocycles. The van der Waals surface area contributed by atoms with Crippen LogP contribution in [0.4, 0.5) is 0 Å². The molecule has 0 aliphatic carbocycles. The summed E-state index contributed by atoms with van der Waals surface area (Å²) in [5.41, 5.74) is 7.16. The maximum Gasteiger partial charge on any atom is 0.122 e. The third-order valence-corrected chi connectivity index (χ3v) is 3.77. The van der Waals surface area contributed by atoms with Crippen molar-refractivity contribution >= 4 is 11.6 Å². The fraction of sp³-hybridized carbons (Fsp3) is 0.647. The van der Waals surface area contributed by atoms with E-state index in [2.05, 4.69) is 13.8 Å². The fourth-order valence-corrected chi connectivity index (χ4v) is 2.36. The Morgan fingerprint density at radius 3 is 2.60 bits per heavy atom. The Labute approximate surface area is 128 Å². The molecular formula is C17H28ClNO. The van der Waals surface area contributed by atoms with Crippen molar-refractivity contribution < 1.29 is 4.74 Å². The van der Waals surface area contributed by atoms with Gasteiger partial charge in [0.25, 0.3) is 0 Å². The zero-order chi connectivity index (χ0) is 14.8. The van der Waals surface area contributed by atoms with Crippen LogP contribution in [0.3, 0.4) is 0 Å². The Bertz CT molecular complexity index is 381. The van der Waals surface area contributed by atoms with Crippen molar-refractivity contribution in [3.63, 3.8) is 0 Å². The average Bonchev–Trinajstić information content (AvgIpc) is 2.44. The Hall–Kier alpha value is -0.730. The third kappa shape index (κ3) is 6.62. The van der Waals surface area contributed by atoms with E-state index in [1.165, 1.54) is 25.7 Å². The van der Waals surface area contributed by atoms with Crippen LogP contribution in [0.2, 0.25) is 5.02 Å². The van der Waals surface area contributed by atoms with Gasteiger partial charge < -0.3 is 10.5 Å². The standard InChI is InChI=1S/C17H28ClNO/c1-3-5-6-7-8-11-20-17-10-9-15(18)12-14(17)13-16(19)4-2/h9-10,12,16H,3-8,11,13,19H2,1-2H3. The molecule has 0 saturated carbocycles. The molecule has 3 heteroatoms. The van der Waals surface area contributed by atoms with Crippen molar-refractivity contribution in [1.82, 2.24) is 0 Å². The summed E-state index contributed by atoms with van der Waals surface area (Å²) < 4.78 is 5.90. The highest BCUT2D eigenvalue weighted by atomic mass is 35.5. The van der Waals surface area contributed by atoms with Gasteiger partial charge in [-0.3, -0.25) is 0 Å². The molecular weight excluding hydrogens is 270 g/mol. The minimum atomic E-state index is 0.167. The van der Waals surface area contributed by atoms with Crippen LogP contribution in [0.1, 0.15) is 57.9 Å². The predicted molar refractivity (Wildman–Crippen MR) is 87.7 cm³/mol. The first kappa shape index (κ1) is 17.3. The van der Waals surface area contributed by atoms with Gasteiger partial charge in [-0.2, -0.15) is 0 Å². The highest BCUT2D eigenvalue weighted by Gasteiger charge is 2.09. The van der Waals surface area contributed by atoms with Crippen molar-refractivity contribution in [1.29, 1.82) is 0 Å². The SMILES string of the molecule is CCCCCCCOc1ccc(Cl)cc1CC(N)CC. The monoisotopic (exact) mass is 297 g/mol. The van der Waals surface area contributed by atoms with Crippen LogP contribution in [0.5, 0.6) is 5.75 Å². The van der Waals surface area contributed by atoms with E-state index >= 15 is 0 Å². The fourth-order valence-electron chi connectivity index (χ4n) is 2.16. The summed E-state index contributed by atoms with van der Waals surface area (Å²) in [5.74, 6) is 0.939. The second-order valence-corrected chi connectivity index (χ2v) is 5.82. The normalized spacial score (nSPS) is 12.4. The molecule has 1 aromatic rings. The summed E-state index contributed by atoms with van der Waals surface area (Å²) in [5, 5.41) is 0.749. The molecule has 0 amide bonds. The lowest BCUT2D eigenvalue weighted by molar-refractivity contribution is 0.301. The molecule has 1 rings (SSSR count). The number of unbranched alkanes of at least 4 members (excludes halogenated alkanes) is 4. The summed E-state index contributed by atoms with van der Waals surface area (Å²) >= 11 is 6.07. The van der Waals surface area contributed by atoms with Crippen molar-refractivity contribution in [2.24, 2.45) is 5.73 Å². The first-order valence-corrected chi connectivity index (χ1v) is 8.22. The molecule has 0 saturated heterocycles. The summed E-state index contributed by atoms with van der Waals surface area (Å²) in [4.78, 5) is 0. The Balaban J connectivity index is 2.47. The molecule has 2 N–H and O–H groups in total. The van der Waals surface area contributed by atoms with E-state index in [4.69, 9.17) is 22.1 Å². The second-order valence-electron chi connectivity index (χ2n) is 5.39. The van der Waals surface area contributed by atoms with E-state index in [1.807, 2.05) is 18.2 Å². The summed E-state index contributed by atoms with van der Waals surface area (Å²) in [6, 6.07) is 5.99. The van der Waals surface area contributed by atoms with E-state index in [-0.39, 0.29) is 6.04 Å². The van der Waals surface area contributed by atoms with Crippen LogP contribution in [-0.2, 0) is 6.42 Å². The van der Waals surface area contributed by atoms with Crippen molar-refractivity contribution in [2.45, 2.75) is 64.8 Å². The highest BCUT2D eigenvalue weighted by molar-refractivity contribution is 6.30. The molecule has 0 heterocycles. The molecule has 1 aromatic carbocycles. The number of benzene rings is 1. The smallest absolute Gasteiger partial charge is 0.122 e. The Morgan fingerprint density at radius 1 is 1.15 bits per heavy atom. The van der Waals surface area contributed by atoms with Gasteiger partial charge in [0.15, 0.2) is 0 Å². The summed E-state index contributed by atoms with van der Waals surface area (Å²) in [6.07, 6.45) is 8.03. The zero-order valence-corrected chi connectivity index (χ0v) is 13.6.